The standard InChI is InChI=1S/C52H58N6O7/c1-35(53-34-47(60)43-20-22-46(59)51-44(43)21-24-49(62)56-51)31-38-10-8-9-36(32-38)17-23-48(61)54-33-37-15-18-40(19-16-37)57(2)50(63)27-30-58-28-25-41(26-29-58)65-52(64)55-45-14-7-6-13-42(45)39-11-4-3-5-12-39/h3-16,18-22,24,32,35,41,47,53,59-60H,17,23,25-31,33-34H2,1-2H3,(H,54,61)(H,55,64)(H,56,62)/t35?,47-/m0/s1. The van der Waals surface area contributed by atoms with E-state index in [2.05, 4.69) is 38.0 Å². The van der Waals surface area contributed by atoms with E-state index in [1.54, 1.807) is 24.1 Å². The molecule has 13 heteroatoms. The molecule has 1 saturated heterocycles. The second kappa shape index (κ2) is 22.2. The van der Waals surface area contributed by atoms with Gasteiger partial charge in [-0.15, -0.1) is 0 Å². The predicted molar refractivity (Wildman–Crippen MR) is 255 cm³/mol. The second-order valence-electron chi connectivity index (χ2n) is 16.8. The van der Waals surface area contributed by atoms with Crippen LogP contribution in [0.4, 0.5) is 16.2 Å². The molecule has 1 aliphatic heterocycles. The van der Waals surface area contributed by atoms with Gasteiger partial charge in [-0.05, 0) is 90.8 Å². The van der Waals surface area contributed by atoms with Crippen LogP contribution in [0.5, 0.6) is 5.75 Å². The number of pyridine rings is 1. The molecule has 3 amide bonds. The number of aliphatic hydroxyl groups is 1. The number of aromatic nitrogens is 1. The molecule has 13 nitrogen and oxygen atoms in total. The molecule has 6 N–H and O–H groups in total. The van der Waals surface area contributed by atoms with E-state index < -0.39 is 12.2 Å². The summed E-state index contributed by atoms with van der Waals surface area (Å²) in [6.07, 6.45) is 1.92. The van der Waals surface area contributed by atoms with Gasteiger partial charge in [-0.1, -0.05) is 91.0 Å². The lowest BCUT2D eigenvalue weighted by molar-refractivity contribution is -0.121. The van der Waals surface area contributed by atoms with Crippen LogP contribution < -0.4 is 26.4 Å². The van der Waals surface area contributed by atoms with Crippen LogP contribution >= 0.6 is 0 Å². The first-order valence-corrected chi connectivity index (χ1v) is 22.3. The van der Waals surface area contributed by atoms with Crippen molar-refractivity contribution >= 4 is 40.2 Å². The number of piperidine rings is 1. The largest absolute Gasteiger partial charge is 0.506 e. The first-order chi connectivity index (χ1) is 31.5. The van der Waals surface area contributed by atoms with E-state index in [1.807, 2.05) is 97.9 Å². The molecule has 1 aliphatic rings. The zero-order valence-corrected chi connectivity index (χ0v) is 37.0. The monoisotopic (exact) mass is 878 g/mol. The Balaban J connectivity index is 0.775. The number of phenolic OH excluding ortho intramolecular Hbond substituents is 1. The Morgan fingerprint density at radius 1 is 0.846 bits per heavy atom. The Hall–Kier alpha value is -6.80. The number of anilines is 2. The number of aliphatic hydroxyl groups excluding tert-OH is 1. The molecule has 0 aliphatic carbocycles. The Labute approximate surface area is 379 Å². The molecule has 65 heavy (non-hydrogen) atoms. The number of benzene rings is 5. The van der Waals surface area contributed by atoms with Crippen molar-refractivity contribution in [1.29, 1.82) is 0 Å². The Morgan fingerprint density at radius 3 is 2.37 bits per heavy atom. The summed E-state index contributed by atoms with van der Waals surface area (Å²) in [5, 5.41) is 31.0. The summed E-state index contributed by atoms with van der Waals surface area (Å²) in [7, 11) is 1.77. The zero-order chi connectivity index (χ0) is 45.7. The van der Waals surface area contributed by atoms with Gasteiger partial charge in [-0.2, -0.15) is 0 Å². The second-order valence-corrected chi connectivity index (χ2v) is 16.8. The maximum Gasteiger partial charge on any atom is 0.411 e. The minimum atomic E-state index is -0.849. The number of carbonyl (C=O) groups is 3. The molecule has 0 bridgehead atoms. The summed E-state index contributed by atoms with van der Waals surface area (Å²) in [6.45, 7) is 4.81. The lowest BCUT2D eigenvalue weighted by atomic mass is 10.0. The maximum absolute atomic E-state index is 13.2. The van der Waals surface area contributed by atoms with E-state index in [-0.39, 0.29) is 41.8 Å². The van der Waals surface area contributed by atoms with Gasteiger partial charge in [-0.25, -0.2) is 4.79 Å². The minimum Gasteiger partial charge on any atom is -0.506 e. The highest BCUT2D eigenvalue weighted by Gasteiger charge is 2.24. The van der Waals surface area contributed by atoms with Gasteiger partial charge in [0.1, 0.15) is 11.9 Å². The number of fused-ring (bicyclic) bond motifs is 1. The van der Waals surface area contributed by atoms with E-state index in [9.17, 15) is 29.4 Å². The smallest absolute Gasteiger partial charge is 0.411 e. The third kappa shape index (κ3) is 12.9. The Morgan fingerprint density at radius 2 is 1.58 bits per heavy atom. The van der Waals surface area contributed by atoms with Gasteiger partial charge >= 0.3 is 6.09 Å². The van der Waals surface area contributed by atoms with Crippen LogP contribution in [-0.4, -0.2) is 83.4 Å². The summed E-state index contributed by atoms with van der Waals surface area (Å²) in [5.41, 5.74) is 7.12. The summed E-state index contributed by atoms with van der Waals surface area (Å²) >= 11 is 0. The number of likely N-dealkylation sites (tertiary alicyclic amines) is 1. The lowest BCUT2D eigenvalue weighted by Gasteiger charge is -2.31. The predicted octanol–water partition coefficient (Wildman–Crippen LogP) is 7.47. The fourth-order valence-electron chi connectivity index (χ4n) is 8.26. The topological polar surface area (TPSA) is 176 Å². The van der Waals surface area contributed by atoms with Crippen molar-refractivity contribution in [2.24, 2.45) is 0 Å². The molecule has 0 spiro atoms. The normalized spacial score (nSPS) is 14.1. The molecule has 2 heterocycles. The molecule has 0 saturated carbocycles. The van der Waals surface area contributed by atoms with Gasteiger partial charge in [0.05, 0.1) is 17.3 Å². The quantitative estimate of drug-likeness (QED) is 0.0512. The molecule has 7 rings (SSSR count). The third-order valence-electron chi connectivity index (χ3n) is 12.0. The summed E-state index contributed by atoms with van der Waals surface area (Å²) in [5.74, 6) is -0.0902. The number of phenols is 1. The lowest BCUT2D eigenvalue weighted by Crippen LogP contribution is -2.40. The van der Waals surface area contributed by atoms with Gasteiger partial charge < -0.3 is 40.4 Å². The van der Waals surface area contributed by atoms with Gasteiger partial charge in [0.15, 0.2) is 0 Å². The number of carbonyl (C=O) groups excluding carboxylic acids is 3. The zero-order valence-electron chi connectivity index (χ0n) is 37.0. The van der Waals surface area contributed by atoms with Crippen LogP contribution in [0.15, 0.2) is 132 Å². The van der Waals surface area contributed by atoms with Crippen LogP contribution in [0.2, 0.25) is 0 Å². The van der Waals surface area contributed by atoms with E-state index in [0.717, 1.165) is 53.0 Å². The average molecular weight is 879 g/mol. The van der Waals surface area contributed by atoms with Gasteiger partial charge in [0, 0.05) is 81.4 Å². The highest BCUT2D eigenvalue weighted by molar-refractivity contribution is 5.93. The molecule has 1 aromatic heterocycles. The van der Waals surface area contributed by atoms with Crippen LogP contribution in [0, 0.1) is 0 Å². The third-order valence-corrected chi connectivity index (χ3v) is 12.0. The number of rotatable bonds is 18. The van der Waals surface area contributed by atoms with Crippen LogP contribution in [0.3, 0.4) is 0 Å². The van der Waals surface area contributed by atoms with Crippen molar-refractivity contribution in [2.45, 2.75) is 70.2 Å². The fraction of sp³-hybridized carbons (Fsp3) is 0.308. The van der Waals surface area contributed by atoms with E-state index in [4.69, 9.17) is 4.74 Å². The Bertz CT molecular complexity index is 2610. The number of nitrogens with one attached hydrogen (secondary N) is 4. The van der Waals surface area contributed by atoms with E-state index in [1.165, 1.54) is 12.1 Å². The van der Waals surface area contributed by atoms with Crippen LogP contribution in [0.1, 0.15) is 61.0 Å². The summed E-state index contributed by atoms with van der Waals surface area (Å²) in [6, 6.07) is 39.5. The number of ether oxygens (including phenoxy) is 1. The number of para-hydroxylation sites is 1. The van der Waals surface area contributed by atoms with Crippen molar-refractivity contribution in [2.75, 3.05) is 43.4 Å². The maximum atomic E-state index is 13.2. The number of H-pyrrole nitrogens is 1. The van der Waals surface area contributed by atoms with Crippen molar-refractivity contribution in [3.8, 4) is 16.9 Å². The number of hydrogen-bond acceptors (Lipinski definition) is 9. The molecule has 1 unspecified atom stereocenters. The summed E-state index contributed by atoms with van der Waals surface area (Å²) in [4.78, 5) is 57.1. The Kier molecular flexibility index (Phi) is 15.8. The van der Waals surface area contributed by atoms with E-state index in [0.29, 0.717) is 67.3 Å². The first kappa shape index (κ1) is 46.2. The van der Waals surface area contributed by atoms with Gasteiger partial charge in [-0.3, -0.25) is 19.7 Å². The molecule has 338 valence electrons. The molecular weight excluding hydrogens is 821 g/mol. The summed E-state index contributed by atoms with van der Waals surface area (Å²) < 4.78 is 5.78. The van der Waals surface area contributed by atoms with Crippen molar-refractivity contribution < 1.29 is 29.3 Å². The molecule has 6 aromatic rings. The fourth-order valence-corrected chi connectivity index (χ4v) is 8.26. The highest BCUT2D eigenvalue weighted by atomic mass is 16.6. The van der Waals surface area contributed by atoms with Crippen molar-refractivity contribution in [1.82, 2.24) is 20.5 Å². The van der Waals surface area contributed by atoms with Crippen LogP contribution in [0.25, 0.3) is 22.0 Å². The number of amides is 3. The molecule has 2 atom stereocenters. The SMILES string of the molecule is CC(Cc1cccc(CCC(=O)NCc2ccc(N(C)C(=O)CCN3CCC(OC(=O)Nc4ccccc4-c4ccccc4)CC3)cc2)c1)NC[C@H](O)c1ccc(O)c2[nH]c(=O)ccc12. The average Bonchev–Trinajstić information content (AvgIpc) is 3.32. The number of aromatic amines is 1. The molecule has 1 fully saturated rings. The van der Waals surface area contributed by atoms with Crippen molar-refractivity contribution in [3.05, 3.63) is 160 Å². The highest BCUT2D eigenvalue weighted by Crippen LogP contribution is 2.30. The first-order valence-electron chi connectivity index (χ1n) is 22.3. The van der Waals surface area contributed by atoms with Crippen LogP contribution in [-0.2, 0) is 33.7 Å². The molecular formula is C52H58N6O7. The molecule has 5 aromatic carbocycles. The number of hydrogen-bond donors (Lipinski definition) is 6. The van der Waals surface area contributed by atoms with Gasteiger partial charge in [0.2, 0.25) is 17.4 Å². The number of aryl methyl sites for hydroxylation is 1. The number of nitrogens with zero attached hydrogens (tertiary/aromatic N) is 2. The minimum absolute atomic E-state index is 0.00862. The molecule has 0 radical (unpaired) electrons. The van der Waals surface area contributed by atoms with Gasteiger partial charge in [0.25, 0.3) is 0 Å². The van der Waals surface area contributed by atoms with Crippen molar-refractivity contribution in [3.63, 3.8) is 0 Å². The van der Waals surface area contributed by atoms with E-state index >= 15 is 0 Å². The number of aromatic hydroxyl groups is 1.